The molecule has 0 aliphatic heterocycles. The van der Waals surface area contributed by atoms with Gasteiger partial charge in [-0.3, -0.25) is 4.79 Å². The number of aromatic hydroxyl groups is 1. The summed E-state index contributed by atoms with van der Waals surface area (Å²) < 4.78 is 0.942. The highest BCUT2D eigenvalue weighted by molar-refractivity contribution is 9.10. The number of carbonyl (C=O) groups excluding carboxylic acids is 1. The van der Waals surface area contributed by atoms with Gasteiger partial charge in [0.25, 0.3) is 0 Å². The second kappa shape index (κ2) is 6.59. The zero-order valence-corrected chi connectivity index (χ0v) is 13.4. The summed E-state index contributed by atoms with van der Waals surface area (Å²) in [6.45, 7) is 3.73. The van der Waals surface area contributed by atoms with Crippen molar-refractivity contribution in [1.82, 2.24) is 0 Å². The van der Waals surface area contributed by atoms with Crippen molar-refractivity contribution < 1.29 is 9.90 Å². The third-order valence-corrected chi connectivity index (χ3v) is 3.55. The molecule has 0 unspecified atom stereocenters. The molecule has 108 valence electrons. The van der Waals surface area contributed by atoms with Gasteiger partial charge in [0.05, 0.1) is 0 Å². The van der Waals surface area contributed by atoms with Crippen molar-refractivity contribution in [3.63, 3.8) is 0 Å². The SMILES string of the molecule is CC(=CC(=O)c1ccc(Br)cc1)Nc1ccc(O)cc1C. The molecule has 3 nitrogen and oxygen atoms in total. The van der Waals surface area contributed by atoms with Gasteiger partial charge in [0.15, 0.2) is 5.78 Å². The van der Waals surface area contributed by atoms with E-state index in [0.717, 1.165) is 21.4 Å². The van der Waals surface area contributed by atoms with Crippen LogP contribution in [0, 0.1) is 6.92 Å². The Morgan fingerprint density at radius 3 is 2.48 bits per heavy atom. The molecule has 0 aliphatic carbocycles. The number of ketones is 1. The summed E-state index contributed by atoms with van der Waals surface area (Å²) >= 11 is 3.34. The number of carbonyl (C=O) groups is 1. The van der Waals surface area contributed by atoms with Gasteiger partial charge in [-0.05, 0) is 61.9 Å². The molecule has 0 heterocycles. The molecule has 0 amide bonds. The lowest BCUT2D eigenvalue weighted by molar-refractivity contribution is 0.104. The lowest BCUT2D eigenvalue weighted by atomic mass is 10.1. The first-order chi connectivity index (χ1) is 9.95. The number of halogens is 1. The maximum atomic E-state index is 12.1. The molecular weight excluding hydrogens is 330 g/mol. The van der Waals surface area contributed by atoms with Gasteiger partial charge in [-0.15, -0.1) is 0 Å². The Balaban J connectivity index is 2.13. The zero-order valence-electron chi connectivity index (χ0n) is 11.9. The van der Waals surface area contributed by atoms with E-state index in [1.54, 1.807) is 36.4 Å². The van der Waals surface area contributed by atoms with E-state index in [4.69, 9.17) is 0 Å². The molecule has 21 heavy (non-hydrogen) atoms. The largest absolute Gasteiger partial charge is 0.508 e. The average molecular weight is 346 g/mol. The maximum absolute atomic E-state index is 12.1. The quantitative estimate of drug-likeness (QED) is 0.481. The average Bonchev–Trinajstić information content (AvgIpc) is 2.42. The number of hydrogen-bond acceptors (Lipinski definition) is 3. The topological polar surface area (TPSA) is 49.3 Å². The van der Waals surface area contributed by atoms with E-state index in [1.807, 2.05) is 26.0 Å². The molecule has 0 aromatic heterocycles. The molecule has 0 bridgehead atoms. The first-order valence-electron chi connectivity index (χ1n) is 6.50. The van der Waals surface area contributed by atoms with E-state index < -0.39 is 0 Å². The summed E-state index contributed by atoms with van der Waals surface area (Å²) in [6, 6.07) is 12.3. The van der Waals surface area contributed by atoms with Gasteiger partial charge in [-0.25, -0.2) is 0 Å². The van der Waals surface area contributed by atoms with Gasteiger partial charge in [0, 0.05) is 27.5 Å². The Hall–Kier alpha value is -2.07. The number of allylic oxidation sites excluding steroid dienone is 2. The molecule has 0 radical (unpaired) electrons. The third-order valence-electron chi connectivity index (χ3n) is 3.02. The molecule has 0 aliphatic rings. The fourth-order valence-electron chi connectivity index (χ4n) is 1.93. The molecule has 2 N–H and O–H groups in total. The van der Waals surface area contributed by atoms with Crippen LogP contribution in [0.3, 0.4) is 0 Å². The number of phenolic OH excluding ortho intramolecular Hbond substituents is 1. The molecule has 0 fully saturated rings. The smallest absolute Gasteiger partial charge is 0.187 e. The van der Waals surface area contributed by atoms with E-state index >= 15 is 0 Å². The highest BCUT2D eigenvalue weighted by Crippen LogP contribution is 2.21. The summed E-state index contributed by atoms with van der Waals surface area (Å²) in [5.41, 5.74) is 3.17. The minimum absolute atomic E-state index is 0.0519. The molecule has 2 aromatic rings. The number of phenols is 1. The number of anilines is 1. The Bertz CT molecular complexity index is 690. The molecule has 0 saturated heterocycles. The Kier molecular flexibility index (Phi) is 4.81. The number of hydrogen-bond donors (Lipinski definition) is 2. The van der Waals surface area contributed by atoms with Crippen molar-refractivity contribution in [1.29, 1.82) is 0 Å². The second-order valence-electron chi connectivity index (χ2n) is 4.82. The van der Waals surface area contributed by atoms with Crippen LogP contribution in [0.15, 0.2) is 58.7 Å². The van der Waals surface area contributed by atoms with Gasteiger partial charge in [0.2, 0.25) is 0 Å². The summed E-state index contributed by atoms with van der Waals surface area (Å²) in [4.78, 5) is 12.1. The second-order valence-corrected chi connectivity index (χ2v) is 5.74. The standard InChI is InChI=1S/C17H16BrNO2/c1-11-9-15(20)7-8-16(11)19-12(2)10-17(21)13-3-5-14(18)6-4-13/h3-10,19-20H,1-2H3. The minimum atomic E-state index is -0.0519. The van der Waals surface area contributed by atoms with E-state index in [1.165, 1.54) is 0 Å². The Labute approximate surface area is 132 Å². The van der Waals surface area contributed by atoms with Crippen LogP contribution in [0.1, 0.15) is 22.8 Å². The molecule has 4 heteroatoms. The van der Waals surface area contributed by atoms with Crippen LogP contribution in [0.4, 0.5) is 5.69 Å². The van der Waals surface area contributed by atoms with E-state index in [0.29, 0.717) is 5.56 Å². The minimum Gasteiger partial charge on any atom is -0.508 e. The van der Waals surface area contributed by atoms with Crippen molar-refractivity contribution in [3.8, 4) is 5.75 Å². The Morgan fingerprint density at radius 2 is 1.86 bits per heavy atom. The van der Waals surface area contributed by atoms with E-state index in [9.17, 15) is 9.90 Å². The van der Waals surface area contributed by atoms with Gasteiger partial charge in [0.1, 0.15) is 5.75 Å². The normalized spacial score (nSPS) is 11.3. The molecule has 0 saturated carbocycles. The van der Waals surface area contributed by atoms with Crippen LogP contribution >= 0.6 is 15.9 Å². The van der Waals surface area contributed by atoms with E-state index in [2.05, 4.69) is 21.2 Å². The van der Waals surface area contributed by atoms with Crippen LogP contribution in [-0.4, -0.2) is 10.9 Å². The van der Waals surface area contributed by atoms with E-state index in [-0.39, 0.29) is 11.5 Å². The van der Waals surface area contributed by atoms with Crippen molar-refractivity contribution in [2.75, 3.05) is 5.32 Å². The zero-order chi connectivity index (χ0) is 15.4. The molecule has 2 aromatic carbocycles. The number of benzene rings is 2. The highest BCUT2D eigenvalue weighted by Gasteiger charge is 2.04. The maximum Gasteiger partial charge on any atom is 0.187 e. The third kappa shape index (κ3) is 4.20. The first kappa shape index (κ1) is 15.3. The predicted molar refractivity (Wildman–Crippen MR) is 88.7 cm³/mol. The molecule has 0 spiro atoms. The lowest BCUT2D eigenvalue weighted by Crippen LogP contribution is -2.02. The van der Waals surface area contributed by atoms with Crippen molar-refractivity contribution in [2.24, 2.45) is 0 Å². The fraction of sp³-hybridized carbons (Fsp3) is 0.118. The van der Waals surface area contributed by atoms with Crippen LogP contribution < -0.4 is 5.32 Å². The lowest BCUT2D eigenvalue weighted by Gasteiger charge is -2.10. The number of aryl methyl sites for hydroxylation is 1. The first-order valence-corrected chi connectivity index (χ1v) is 7.30. The van der Waals surface area contributed by atoms with Crippen LogP contribution in [0.5, 0.6) is 5.75 Å². The monoisotopic (exact) mass is 345 g/mol. The summed E-state index contributed by atoms with van der Waals surface area (Å²) in [6.07, 6.45) is 1.57. The summed E-state index contributed by atoms with van der Waals surface area (Å²) in [5, 5.41) is 12.6. The van der Waals surface area contributed by atoms with Crippen molar-refractivity contribution in [3.05, 3.63) is 69.8 Å². The molecule has 2 rings (SSSR count). The van der Waals surface area contributed by atoms with Crippen molar-refractivity contribution >= 4 is 27.4 Å². The fourth-order valence-corrected chi connectivity index (χ4v) is 2.20. The Morgan fingerprint density at radius 1 is 1.19 bits per heavy atom. The molecule has 0 atom stereocenters. The number of rotatable bonds is 4. The number of nitrogens with one attached hydrogen (secondary N) is 1. The van der Waals surface area contributed by atoms with Crippen LogP contribution in [-0.2, 0) is 0 Å². The summed E-state index contributed by atoms with van der Waals surface area (Å²) in [5.74, 6) is 0.176. The van der Waals surface area contributed by atoms with Gasteiger partial charge in [-0.2, -0.15) is 0 Å². The summed E-state index contributed by atoms with van der Waals surface area (Å²) in [7, 11) is 0. The van der Waals surface area contributed by atoms with Gasteiger partial charge >= 0.3 is 0 Å². The van der Waals surface area contributed by atoms with Crippen LogP contribution in [0.2, 0.25) is 0 Å². The van der Waals surface area contributed by atoms with Gasteiger partial charge in [-0.1, -0.05) is 15.9 Å². The predicted octanol–water partition coefficient (Wildman–Crippen LogP) is 4.66. The van der Waals surface area contributed by atoms with Crippen LogP contribution in [0.25, 0.3) is 0 Å². The molecular formula is C17H16BrNO2. The highest BCUT2D eigenvalue weighted by atomic mass is 79.9. The van der Waals surface area contributed by atoms with Gasteiger partial charge < -0.3 is 10.4 Å². The van der Waals surface area contributed by atoms with Crippen molar-refractivity contribution in [2.45, 2.75) is 13.8 Å².